The lowest BCUT2D eigenvalue weighted by Gasteiger charge is -2.20. The summed E-state index contributed by atoms with van der Waals surface area (Å²) in [4.78, 5) is 11.4. The molecule has 5 nitrogen and oxygen atoms in total. The van der Waals surface area contributed by atoms with Gasteiger partial charge in [-0.2, -0.15) is 0 Å². The van der Waals surface area contributed by atoms with Gasteiger partial charge in [0.25, 0.3) is 0 Å². The highest BCUT2D eigenvalue weighted by atomic mass is 15.2. The standard InChI is InChI=1S/C15H27N5/c1-4-6-13-18-14(16)11(3)15(19-13)17-9-10-20(5-2)12-7-8-12/h12H,4-10H2,1-3H3,(H3,16,17,18,19). The molecule has 0 saturated heterocycles. The topological polar surface area (TPSA) is 67.1 Å². The van der Waals surface area contributed by atoms with Crippen LogP contribution in [-0.2, 0) is 6.42 Å². The van der Waals surface area contributed by atoms with Gasteiger partial charge in [0.05, 0.1) is 0 Å². The van der Waals surface area contributed by atoms with E-state index in [1.54, 1.807) is 0 Å². The molecule has 20 heavy (non-hydrogen) atoms. The number of anilines is 2. The van der Waals surface area contributed by atoms with Gasteiger partial charge in [-0.3, -0.25) is 4.90 Å². The van der Waals surface area contributed by atoms with Crippen LogP contribution >= 0.6 is 0 Å². The van der Waals surface area contributed by atoms with Crippen LogP contribution in [0, 0.1) is 6.92 Å². The van der Waals surface area contributed by atoms with E-state index in [2.05, 4.69) is 34.0 Å². The van der Waals surface area contributed by atoms with Gasteiger partial charge < -0.3 is 11.1 Å². The van der Waals surface area contributed by atoms with Gasteiger partial charge >= 0.3 is 0 Å². The van der Waals surface area contributed by atoms with E-state index in [1.807, 2.05) is 6.92 Å². The third-order valence-electron chi connectivity index (χ3n) is 3.86. The summed E-state index contributed by atoms with van der Waals surface area (Å²) >= 11 is 0. The zero-order valence-electron chi connectivity index (χ0n) is 12.9. The number of nitrogens with zero attached hydrogens (tertiary/aromatic N) is 3. The summed E-state index contributed by atoms with van der Waals surface area (Å²) in [5, 5.41) is 3.43. The predicted octanol–water partition coefficient (Wildman–Crippen LogP) is 2.22. The maximum absolute atomic E-state index is 5.97. The van der Waals surface area contributed by atoms with Crippen molar-refractivity contribution in [3.63, 3.8) is 0 Å². The summed E-state index contributed by atoms with van der Waals surface area (Å²) in [6.45, 7) is 9.43. The molecule has 0 bridgehead atoms. The predicted molar refractivity (Wildman–Crippen MR) is 83.9 cm³/mol. The fourth-order valence-electron chi connectivity index (χ4n) is 2.45. The van der Waals surface area contributed by atoms with E-state index in [1.165, 1.54) is 12.8 Å². The van der Waals surface area contributed by atoms with Crippen LogP contribution in [-0.4, -0.2) is 40.5 Å². The van der Waals surface area contributed by atoms with Gasteiger partial charge in [-0.15, -0.1) is 0 Å². The van der Waals surface area contributed by atoms with Crippen molar-refractivity contribution in [1.29, 1.82) is 0 Å². The first-order chi connectivity index (χ1) is 9.65. The van der Waals surface area contributed by atoms with Gasteiger partial charge in [-0.25, -0.2) is 9.97 Å². The Morgan fingerprint density at radius 1 is 1.30 bits per heavy atom. The molecular weight excluding hydrogens is 250 g/mol. The fourth-order valence-corrected chi connectivity index (χ4v) is 2.45. The van der Waals surface area contributed by atoms with Crippen molar-refractivity contribution < 1.29 is 0 Å². The summed E-state index contributed by atoms with van der Waals surface area (Å²) in [7, 11) is 0. The van der Waals surface area contributed by atoms with E-state index >= 15 is 0 Å². The van der Waals surface area contributed by atoms with Crippen LogP contribution in [0.25, 0.3) is 0 Å². The van der Waals surface area contributed by atoms with E-state index in [-0.39, 0.29) is 0 Å². The molecule has 0 spiro atoms. The van der Waals surface area contributed by atoms with Crippen molar-refractivity contribution in [2.45, 2.75) is 52.5 Å². The van der Waals surface area contributed by atoms with Gasteiger partial charge in [0, 0.05) is 31.1 Å². The number of nitrogens with two attached hydrogens (primary N) is 1. The number of likely N-dealkylation sites (N-methyl/N-ethyl adjacent to an activating group) is 1. The Morgan fingerprint density at radius 3 is 2.65 bits per heavy atom. The average molecular weight is 277 g/mol. The Labute approximate surface area is 122 Å². The molecule has 0 atom stereocenters. The van der Waals surface area contributed by atoms with Crippen LogP contribution in [0.1, 0.15) is 44.5 Å². The number of aryl methyl sites for hydroxylation is 1. The summed E-state index contributed by atoms with van der Waals surface area (Å²) < 4.78 is 0. The van der Waals surface area contributed by atoms with Crippen molar-refractivity contribution in [3.05, 3.63) is 11.4 Å². The molecule has 2 rings (SSSR count). The van der Waals surface area contributed by atoms with Crippen LogP contribution in [0.3, 0.4) is 0 Å². The first kappa shape index (κ1) is 15.0. The Kier molecular flexibility index (Phi) is 5.17. The van der Waals surface area contributed by atoms with E-state index in [4.69, 9.17) is 5.73 Å². The van der Waals surface area contributed by atoms with E-state index in [9.17, 15) is 0 Å². The van der Waals surface area contributed by atoms with Crippen molar-refractivity contribution in [2.75, 3.05) is 30.7 Å². The van der Waals surface area contributed by atoms with Gasteiger partial charge in [0.1, 0.15) is 17.5 Å². The highest BCUT2D eigenvalue weighted by Crippen LogP contribution is 2.26. The maximum atomic E-state index is 5.97. The Bertz CT molecular complexity index is 442. The summed E-state index contributed by atoms with van der Waals surface area (Å²) in [6.07, 6.45) is 4.62. The number of hydrogen-bond acceptors (Lipinski definition) is 5. The molecule has 0 radical (unpaired) electrons. The van der Waals surface area contributed by atoms with Gasteiger partial charge in [0.15, 0.2) is 0 Å². The first-order valence-electron chi connectivity index (χ1n) is 7.76. The molecule has 1 fully saturated rings. The average Bonchev–Trinajstić information content (AvgIpc) is 3.25. The highest BCUT2D eigenvalue weighted by Gasteiger charge is 2.27. The zero-order valence-corrected chi connectivity index (χ0v) is 12.9. The largest absolute Gasteiger partial charge is 0.383 e. The molecule has 5 heteroatoms. The SMILES string of the molecule is CCCc1nc(N)c(C)c(NCCN(CC)C2CC2)n1. The molecule has 112 valence electrons. The molecule has 1 aliphatic rings. The van der Waals surface area contributed by atoms with Gasteiger partial charge in [-0.05, 0) is 32.7 Å². The second-order valence-electron chi connectivity index (χ2n) is 5.54. The molecule has 0 unspecified atom stereocenters. The molecule has 1 aliphatic carbocycles. The minimum atomic E-state index is 0.598. The van der Waals surface area contributed by atoms with Crippen LogP contribution in [0.5, 0.6) is 0 Å². The van der Waals surface area contributed by atoms with Crippen molar-refractivity contribution >= 4 is 11.6 Å². The molecule has 0 amide bonds. The summed E-state index contributed by atoms with van der Waals surface area (Å²) in [5.74, 6) is 2.33. The molecular formula is C15H27N5. The quantitative estimate of drug-likeness (QED) is 0.762. The fraction of sp³-hybridized carbons (Fsp3) is 0.733. The van der Waals surface area contributed by atoms with Crippen LogP contribution < -0.4 is 11.1 Å². The lowest BCUT2D eigenvalue weighted by molar-refractivity contribution is 0.289. The minimum absolute atomic E-state index is 0.598. The molecule has 1 aromatic rings. The molecule has 1 aromatic heterocycles. The number of aromatic nitrogens is 2. The van der Waals surface area contributed by atoms with Crippen LogP contribution in [0.15, 0.2) is 0 Å². The lowest BCUT2D eigenvalue weighted by Crippen LogP contribution is -2.31. The van der Waals surface area contributed by atoms with E-state index < -0.39 is 0 Å². The zero-order chi connectivity index (χ0) is 14.5. The van der Waals surface area contributed by atoms with Crippen molar-refractivity contribution in [3.8, 4) is 0 Å². The molecule has 1 saturated carbocycles. The number of nitrogen functional groups attached to an aromatic ring is 1. The van der Waals surface area contributed by atoms with Crippen LogP contribution in [0.2, 0.25) is 0 Å². The number of hydrogen-bond donors (Lipinski definition) is 2. The van der Waals surface area contributed by atoms with Gasteiger partial charge in [-0.1, -0.05) is 13.8 Å². The third kappa shape index (κ3) is 3.82. The van der Waals surface area contributed by atoms with E-state index in [0.29, 0.717) is 5.82 Å². The monoisotopic (exact) mass is 277 g/mol. The second-order valence-corrected chi connectivity index (χ2v) is 5.54. The van der Waals surface area contributed by atoms with E-state index in [0.717, 1.165) is 55.7 Å². The normalized spacial score (nSPS) is 14.8. The molecule has 0 aliphatic heterocycles. The minimum Gasteiger partial charge on any atom is -0.383 e. The molecule has 1 heterocycles. The lowest BCUT2D eigenvalue weighted by atomic mass is 10.2. The number of nitrogens with one attached hydrogen (secondary N) is 1. The highest BCUT2D eigenvalue weighted by molar-refractivity contribution is 5.54. The first-order valence-corrected chi connectivity index (χ1v) is 7.76. The van der Waals surface area contributed by atoms with Crippen molar-refractivity contribution in [1.82, 2.24) is 14.9 Å². The smallest absolute Gasteiger partial charge is 0.134 e. The Morgan fingerprint density at radius 2 is 2.05 bits per heavy atom. The van der Waals surface area contributed by atoms with Crippen molar-refractivity contribution in [2.24, 2.45) is 0 Å². The third-order valence-corrected chi connectivity index (χ3v) is 3.86. The Balaban J connectivity index is 1.93. The summed E-state index contributed by atoms with van der Waals surface area (Å²) in [6, 6.07) is 0.814. The number of rotatable bonds is 8. The van der Waals surface area contributed by atoms with Gasteiger partial charge in [0.2, 0.25) is 0 Å². The maximum Gasteiger partial charge on any atom is 0.134 e. The summed E-state index contributed by atoms with van der Waals surface area (Å²) in [5.41, 5.74) is 6.92. The molecule has 0 aromatic carbocycles. The molecule has 3 N–H and O–H groups in total. The van der Waals surface area contributed by atoms with Crippen LogP contribution in [0.4, 0.5) is 11.6 Å². The second kappa shape index (κ2) is 6.88. The Hall–Kier alpha value is -1.36.